The number of nitrogens with zero attached hydrogens (tertiary/aromatic N) is 1. The first-order chi connectivity index (χ1) is 18.0. The lowest BCUT2D eigenvalue weighted by atomic mass is 9.83. The van der Waals surface area contributed by atoms with Crippen LogP contribution in [0.25, 0.3) is 6.08 Å². The van der Waals surface area contributed by atoms with E-state index in [2.05, 4.69) is 0 Å². The SMILES string of the molecule is COc1ccc(OC)c(C(=O)[C@H]2[C@@H]3C(=O)N(Cc4ccccc4)C(=O)[C@@H]3[C@H]3c4ccccc4C=C[NH+]32)c1. The second-order valence-electron chi connectivity index (χ2n) is 9.65. The van der Waals surface area contributed by atoms with Crippen molar-refractivity contribution >= 4 is 23.7 Å². The molecule has 3 aliphatic heterocycles. The van der Waals surface area contributed by atoms with E-state index in [0.29, 0.717) is 17.1 Å². The van der Waals surface area contributed by atoms with Gasteiger partial charge in [0, 0.05) is 5.56 Å². The lowest BCUT2D eigenvalue weighted by molar-refractivity contribution is -0.884. The van der Waals surface area contributed by atoms with Crippen molar-refractivity contribution in [1.82, 2.24) is 4.90 Å². The summed E-state index contributed by atoms with van der Waals surface area (Å²) in [6.07, 6.45) is 3.91. The molecule has 186 valence electrons. The third-order valence-electron chi connectivity index (χ3n) is 7.85. The van der Waals surface area contributed by atoms with E-state index in [9.17, 15) is 14.4 Å². The Morgan fingerprint density at radius 2 is 1.62 bits per heavy atom. The van der Waals surface area contributed by atoms with Crippen LogP contribution in [-0.4, -0.2) is 42.8 Å². The van der Waals surface area contributed by atoms with E-state index in [1.165, 1.54) is 19.1 Å². The quantitative estimate of drug-likeness (QED) is 0.420. The molecule has 0 bridgehead atoms. The number of methoxy groups -OCH3 is 2. The van der Waals surface area contributed by atoms with Gasteiger partial charge in [0.2, 0.25) is 17.6 Å². The zero-order valence-corrected chi connectivity index (χ0v) is 20.6. The van der Waals surface area contributed by atoms with E-state index in [4.69, 9.17) is 9.47 Å². The number of carbonyl (C=O) groups excluding carboxylic acids is 3. The third kappa shape index (κ3) is 3.57. The van der Waals surface area contributed by atoms with Crippen molar-refractivity contribution < 1.29 is 28.8 Å². The van der Waals surface area contributed by atoms with E-state index < -0.39 is 17.9 Å². The molecule has 3 aromatic carbocycles. The van der Waals surface area contributed by atoms with Crippen LogP contribution in [0, 0.1) is 11.8 Å². The summed E-state index contributed by atoms with van der Waals surface area (Å²) in [7, 11) is 3.04. The van der Waals surface area contributed by atoms with E-state index in [-0.39, 0.29) is 30.2 Å². The summed E-state index contributed by atoms with van der Waals surface area (Å²) in [5, 5.41) is 0. The number of ether oxygens (including phenoxy) is 2. The van der Waals surface area contributed by atoms with Crippen LogP contribution in [0.4, 0.5) is 0 Å². The molecule has 2 fully saturated rings. The molecule has 0 saturated carbocycles. The summed E-state index contributed by atoms with van der Waals surface area (Å²) in [6, 6.07) is 21.3. The van der Waals surface area contributed by atoms with Gasteiger partial charge in [-0.05, 0) is 35.4 Å². The van der Waals surface area contributed by atoms with Gasteiger partial charge in [-0.1, -0.05) is 54.6 Å². The molecule has 5 atom stereocenters. The monoisotopic (exact) mass is 495 g/mol. The molecule has 37 heavy (non-hydrogen) atoms. The van der Waals surface area contributed by atoms with Crippen LogP contribution in [0.2, 0.25) is 0 Å². The lowest BCUT2D eigenvalue weighted by Gasteiger charge is -2.30. The third-order valence-corrected chi connectivity index (χ3v) is 7.85. The minimum atomic E-state index is -0.782. The van der Waals surface area contributed by atoms with Gasteiger partial charge in [0.05, 0.1) is 32.5 Å². The normalized spacial score (nSPS) is 25.5. The number of carbonyl (C=O) groups is 3. The molecule has 7 heteroatoms. The van der Waals surface area contributed by atoms with E-state index in [0.717, 1.165) is 21.6 Å². The molecule has 0 spiro atoms. The van der Waals surface area contributed by atoms with Crippen molar-refractivity contribution in [2.24, 2.45) is 11.8 Å². The summed E-state index contributed by atoms with van der Waals surface area (Å²) < 4.78 is 10.9. The van der Waals surface area contributed by atoms with Crippen molar-refractivity contribution in [2.45, 2.75) is 18.6 Å². The molecular formula is C30H27N2O5+. The summed E-state index contributed by atoms with van der Waals surface area (Å²) in [4.78, 5) is 44.2. The predicted octanol–water partition coefficient (Wildman–Crippen LogP) is 2.68. The fraction of sp³-hybridized carbons (Fsp3) is 0.233. The number of imide groups is 1. The number of quaternary nitrogens is 1. The highest BCUT2D eigenvalue weighted by atomic mass is 16.5. The Balaban J connectivity index is 1.47. The number of rotatable bonds is 6. The van der Waals surface area contributed by atoms with Gasteiger partial charge in [0.15, 0.2) is 6.04 Å². The van der Waals surface area contributed by atoms with Crippen molar-refractivity contribution in [3.63, 3.8) is 0 Å². The minimum absolute atomic E-state index is 0.189. The molecule has 0 aromatic heterocycles. The van der Waals surface area contributed by atoms with Crippen molar-refractivity contribution in [3.8, 4) is 11.5 Å². The highest BCUT2D eigenvalue weighted by Gasteiger charge is 2.68. The van der Waals surface area contributed by atoms with Gasteiger partial charge in [-0.15, -0.1) is 0 Å². The maximum absolute atomic E-state index is 14.2. The number of benzene rings is 3. The number of likely N-dealkylation sites (tertiary alicyclic amines) is 1. The van der Waals surface area contributed by atoms with Gasteiger partial charge in [-0.3, -0.25) is 24.2 Å². The molecular weight excluding hydrogens is 468 g/mol. The topological polar surface area (TPSA) is 77.3 Å². The first-order valence-corrected chi connectivity index (χ1v) is 12.3. The number of ketones is 1. The number of hydrogen-bond donors (Lipinski definition) is 1. The second-order valence-corrected chi connectivity index (χ2v) is 9.65. The molecule has 7 nitrogen and oxygen atoms in total. The summed E-state index contributed by atoms with van der Waals surface area (Å²) >= 11 is 0. The van der Waals surface area contributed by atoms with Crippen molar-refractivity contribution in [1.29, 1.82) is 0 Å². The number of Topliss-reactive ketones (excluding diaryl/α,β-unsaturated/α-hetero) is 1. The molecule has 3 aromatic rings. The fourth-order valence-electron chi connectivity index (χ4n) is 6.21. The van der Waals surface area contributed by atoms with Crippen molar-refractivity contribution in [2.75, 3.05) is 14.2 Å². The van der Waals surface area contributed by atoms with E-state index in [1.54, 1.807) is 18.2 Å². The van der Waals surface area contributed by atoms with E-state index in [1.807, 2.05) is 66.9 Å². The summed E-state index contributed by atoms with van der Waals surface area (Å²) in [5.74, 6) is -1.26. The molecule has 1 N–H and O–H groups in total. The van der Waals surface area contributed by atoms with Gasteiger partial charge >= 0.3 is 0 Å². The van der Waals surface area contributed by atoms with Gasteiger partial charge in [0.1, 0.15) is 29.4 Å². The largest absolute Gasteiger partial charge is 0.497 e. The number of amides is 2. The summed E-state index contributed by atoms with van der Waals surface area (Å²) in [6.45, 7) is 0.189. The van der Waals surface area contributed by atoms with Crippen LogP contribution in [0.15, 0.2) is 79.0 Å². The highest BCUT2D eigenvalue weighted by Crippen LogP contribution is 2.45. The molecule has 3 aliphatic rings. The molecule has 0 radical (unpaired) electrons. The Morgan fingerprint density at radius 1 is 0.892 bits per heavy atom. The predicted molar refractivity (Wildman–Crippen MR) is 136 cm³/mol. The Labute approximate surface area is 214 Å². The molecule has 2 amide bonds. The first kappa shape index (κ1) is 23.2. The molecule has 0 aliphatic carbocycles. The van der Waals surface area contributed by atoms with Crippen LogP contribution in [0.3, 0.4) is 0 Å². The Hall–Kier alpha value is -4.23. The Bertz CT molecular complexity index is 1430. The average Bonchev–Trinajstić information content (AvgIpc) is 3.41. The Kier molecular flexibility index (Phi) is 5.65. The lowest BCUT2D eigenvalue weighted by Crippen LogP contribution is -3.12. The minimum Gasteiger partial charge on any atom is -0.497 e. The number of fused-ring (bicyclic) bond motifs is 5. The van der Waals surface area contributed by atoms with Crippen LogP contribution >= 0.6 is 0 Å². The second kappa shape index (κ2) is 9.01. The molecule has 2 saturated heterocycles. The maximum atomic E-state index is 14.2. The maximum Gasteiger partial charge on any atom is 0.240 e. The van der Waals surface area contributed by atoms with Crippen LogP contribution in [-0.2, 0) is 16.1 Å². The fourth-order valence-corrected chi connectivity index (χ4v) is 6.21. The van der Waals surface area contributed by atoms with Gasteiger partial charge < -0.3 is 9.47 Å². The van der Waals surface area contributed by atoms with Crippen LogP contribution in [0.1, 0.15) is 33.1 Å². The van der Waals surface area contributed by atoms with E-state index >= 15 is 0 Å². The summed E-state index contributed by atoms with van der Waals surface area (Å²) in [5.41, 5.74) is 3.19. The first-order valence-electron chi connectivity index (χ1n) is 12.3. The average molecular weight is 496 g/mol. The van der Waals surface area contributed by atoms with Crippen LogP contribution < -0.4 is 14.4 Å². The zero-order valence-electron chi connectivity index (χ0n) is 20.6. The van der Waals surface area contributed by atoms with Gasteiger partial charge in [0.25, 0.3) is 0 Å². The van der Waals surface area contributed by atoms with Crippen molar-refractivity contribution in [3.05, 3.63) is 101 Å². The molecule has 6 rings (SSSR count). The number of nitrogens with one attached hydrogen (secondary N) is 1. The van der Waals surface area contributed by atoms with Crippen LogP contribution in [0.5, 0.6) is 11.5 Å². The molecule has 1 unspecified atom stereocenters. The van der Waals surface area contributed by atoms with Gasteiger partial charge in [-0.25, -0.2) is 0 Å². The number of hydrogen-bond acceptors (Lipinski definition) is 5. The Morgan fingerprint density at radius 3 is 2.38 bits per heavy atom. The smallest absolute Gasteiger partial charge is 0.240 e. The zero-order chi connectivity index (χ0) is 25.7. The highest BCUT2D eigenvalue weighted by molar-refractivity contribution is 6.11. The van der Waals surface area contributed by atoms with Gasteiger partial charge in [-0.2, -0.15) is 0 Å². The standard InChI is InChI=1S/C30H26N2O5/c1-36-20-12-13-23(37-2)22(16-20)28(33)27-25-24(26-21-11-7-6-10-19(21)14-15-31(26)27)29(34)32(30(25)35)17-18-8-4-3-5-9-18/h3-16,24-27H,17H2,1-2H3/p+1/t24-,25+,26+,27+/m0/s1. The molecule has 3 heterocycles.